The smallest absolute Gasteiger partial charge is 0.294 e. The Morgan fingerprint density at radius 2 is 1.60 bits per heavy atom. The minimum atomic E-state index is -4.02. The number of nitro groups is 2. The lowest BCUT2D eigenvalue weighted by molar-refractivity contribution is -0.394. The average Bonchev–Trinajstić information content (AvgIpc) is 2.67. The number of hydrogen-bond acceptors (Lipinski definition) is 9. The quantitative estimate of drug-likeness (QED) is 0.172. The van der Waals surface area contributed by atoms with Crippen molar-refractivity contribution < 1.29 is 28.0 Å². The van der Waals surface area contributed by atoms with Crippen LogP contribution in [-0.4, -0.2) is 40.2 Å². The molecule has 15 heteroatoms. The Labute approximate surface area is 169 Å². The zero-order valence-corrected chi connectivity index (χ0v) is 16.1. The maximum absolute atomic E-state index is 10.6. The molecule has 0 spiro atoms. The SMILES string of the molecule is Cc1ccc(S(=O)(=O)O)cc1.NC(=N/N=C/c1cc([N+](=O)[O-])cc([N+](=O)[O-])c1)NO. The van der Waals surface area contributed by atoms with Crippen molar-refractivity contribution in [1.29, 1.82) is 0 Å². The summed E-state index contributed by atoms with van der Waals surface area (Å²) in [6.07, 6.45) is 1.02. The molecule has 30 heavy (non-hydrogen) atoms. The van der Waals surface area contributed by atoms with E-state index < -0.39 is 37.3 Å². The van der Waals surface area contributed by atoms with Crippen LogP contribution in [0.15, 0.2) is 57.6 Å². The zero-order chi connectivity index (χ0) is 22.9. The minimum absolute atomic E-state index is 0.0666. The number of rotatable bonds is 5. The number of hydrogen-bond donors (Lipinski definition) is 4. The topological polar surface area (TPSA) is 224 Å². The van der Waals surface area contributed by atoms with Gasteiger partial charge in [0.1, 0.15) is 0 Å². The molecule has 2 aromatic carbocycles. The van der Waals surface area contributed by atoms with E-state index in [0.29, 0.717) is 0 Å². The van der Waals surface area contributed by atoms with Crippen LogP contribution in [-0.2, 0) is 10.1 Å². The van der Waals surface area contributed by atoms with Gasteiger partial charge in [0.25, 0.3) is 21.5 Å². The Morgan fingerprint density at radius 3 is 2.00 bits per heavy atom. The van der Waals surface area contributed by atoms with E-state index in [9.17, 15) is 28.6 Å². The lowest BCUT2D eigenvalue weighted by Crippen LogP contribution is -2.27. The zero-order valence-electron chi connectivity index (χ0n) is 15.2. The number of hydroxylamine groups is 1. The summed E-state index contributed by atoms with van der Waals surface area (Å²) in [6, 6.07) is 8.97. The first-order valence-corrected chi connectivity index (χ1v) is 9.12. The van der Waals surface area contributed by atoms with Crippen LogP contribution in [0.4, 0.5) is 11.4 Å². The molecule has 5 N–H and O–H groups in total. The molecule has 2 aromatic rings. The van der Waals surface area contributed by atoms with Crippen LogP contribution < -0.4 is 11.2 Å². The number of non-ortho nitro benzene ring substituents is 2. The Hall–Kier alpha value is -3.95. The molecule has 0 heterocycles. The molecular formula is C15H16N6O8S. The van der Waals surface area contributed by atoms with Crippen molar-refractivity contribution in [2.24, 2.45) is 15.9 Å². The number of nitro benzene ring substituents is 2. The van der Waals surface area contributed by atoms with Gasteiger partial charge >= 0.3 is 0 Å². The Morgan fingerprint density at radius 1 is 1.10 bits per heavy atom. The molecule has 2 rings (SSSR count). The van der Waals surface area contributed by atoms with Gasteiger partial charge in [-0.2, -0.15) is 13.5 Å². The number of nitrogens with two attached hydrogens (primary N) is 1. The van der Waals surface area contributed by atoms with Crippen molar-refractivity contribution in [2.75, 3.05) is 0 Å². The molecule has 0 aliphatic rings. The van der Waals surface area contributed by atoms with Gasteiger partial charge in [-0.1, -0.05) is 17.7 Å². The van der Waals surface area contributed by atoms with Crippen LogP contribution in [0, 0.1) is 27.2 Å². The maximum Gasteiger partial charge on any atom is 0.294 e. The lowest BCUT2D eigenvalue weighted by Gasteiger charge is -1.96. The molecule has 0 radical (unpaired) electrons. The lowest BCUT2D eigenvalue weighted by atomic mass is 10.2. The number of guanidine groups is 1. The van der Waals surface area contributed by atoms with Crippen LogP contribution in [0.25, 0.3) is 0 Å². The van der Waals surface area contributed by atoms with Gasteiger partial charge in [0, 0.05) is 17.7 Å². The summed E-state index contributed by atoms with van der Waals surface area (Å²) in [4.78, 5) is 19.6. The molecule has 160 valence electrons. The van der Waals surface area contributed by atoms with E-state index in [1.54, 1.807) is 12.1 Å². The van der Waals surface area contributed by atoms with Crippen molar-refractivity contribution in [3.05, 3.63) is 73.8 Å². The second kappa shape index (κ2) is 10.6. The van der Waals surface area contributed by atoms with Crippen LogP contribution in [0.5, 0.6) is 0 Å². The van der Waals surface area contributed by atoms with Crippen LogP contribution >= 0.6 is 0 Å². The molecule has 0 unspecified atom stereocenters. The summed E-state index contributed by atoms with van der Waals surface area (Å²) < 4.78 is 29.6. The van der Waals surface area contributed by atoms with Gasteiger partial charge in [-0.15, -0.1) is 5.10 Å². The normalized spacial score (nSPS) is 11.5. The first-order valence-electron chi connectivity index (χ1n) is 7.68. The molecule has 0 atom stereocenters. The molecule has 0 aliphatic heterocycles. The van der Waals surface area contributed by atoms with E-state index in [0.717, 1.165) is 30.0 Å². The Balaban J connectivity index is 0.000000346. The van der Waals surface area contributed by atoms with Crippen LogP contribution in [0.1, 0.15) is 11.1 Å². The first kappa shape index (κ1) is 24.1. The highest BCUT2D eigenvalue weighted by Crippen LogP contribution is 2.21. The minimum Gasteiger partial charge on any atom is -0.367 e. The van der Waals surface area contributed by atoms with E-state index in [4.69, 9.17) is 15.5 Å². The maximum atomic E-state index is 10.6. The molecule has 0 saturated heterocycles. The summed E-state index contributed by atoms with van der Waals surface area (Å²) in [6.45, 7) is 1.84. The molecule has 0 saturated carbocycles. The summed E-state index contributed by atoms with van der Waals surface area (Å²) in [5.74, 6) is -0.406. The fraction of sp³-hybridized carbons (Fsp3) is 0.0667. The van der Waals surface area contributed by atoms with Crippen molar-refractivity contribution in [2.45, 2.75) is 11.8 Å². The molecule has 0 fully saturated rings. The Bertz CT molecular complexity index is 1050. The van der Waals surface area contributed by atoms with Gasteiger partial charge in [-0.3, -0.25) is 30.0 Å². The summed E-state index contributed by atoms with van der Waals surface area (Å²) >= 11 is 0. The van der Waals surface area contributed by atoms with E-state index in [1.165, 1.54) is 17.6 Å². The van der Waals surface area contributed by atoms with E-state index >= 15 is 0 Å². The highest BCUT2D eigenvalue weighted by Gasteiger charge is 2.15. The third-order valence-electron chi connectivity index (χ3n) is 3.15. The first-order chi connectivity index (χ1) is 13.9. The Kier molecular flexibility index (Phi) is 8.48. The van der Waals surface area contributed by atoms with Gasteiger partial charge in [-0.25, -0.2) is 5.48 Å². The summed E-state index contributed by atoms with van der Waals surface area (Å²) in [7, 11) is -4.02. The second-order valence-electron chi connectivity index (χ2n) is 5.43. The van der Waals surface area contributed by atoms with Gasteiger partial charge in [0.05, 0.1) is 27.0 Å². The van der Waals surface area contributed by atoms with Crippen molar-refractivity contribution in [3.8, 4) is 0 Å². The molecule has 0 amide bonds. The second-order valence-corrected chi connectivity index (χ2v) is 6.85. The summed E-state index contributed by atoms with van der Waals surface area (Å²) in [5, 5.41) is 36.1. The van der Waals surface area contributed by atoms with Crippen molar-refractivity contribution in [3.63, 3.8) is 0 Å². The predicted molar refractivity (Wildman–Crippen MR) is 105 cm³/mol. The molecule has 0 aromatic heterocycles. The largest absolute Gasteiger partial charge is 0.367 e. The van der Waals surface area contributed by atoms with Gasteiger partial charge in [-0.05, 0) is 19.1 Å². The average molecular weight is 440 g/mol. The molecule has 0 bridgehead atoms. The monoisotopic (exact) mass is 440 g/mol. The number of nitrogens with zero attached hydrogens (tertiary/aromatic N) is 4. The van der Waals surface area contributed by atoms with E-state index in [2.05, 4.69) is 10.2 Å². The highest BCUT2D eigenvalue weighted by atomic mass is 32.2. The van der Waals surface area contributed by atoms with Gasteiger partial charge < -0.3 is 5.73 Å². The predicted octanol–water partition coefficient (Wildman–Crippen LogP) is 1.37. The number of benzene rings is 2. The standard InChI is InChI=1S/C8H8N6O5.C7H8O3S/c9-8(12-15)11-10-4-5-1-6(13(16)17)3-7(2-5)14(18)19;1-6-2-4-7(5-3-6)11(8,9)10/h1-4,15H,(H3,9,11,12);2-5H,1H3,(H,8,9,10)/b10-4+;. The fourth-order valence-electron chi connectivity index (χ4n) is 1.79. The van der Waals surface area contributed by atoms with Crippen LogP contribution in [0.3, 0.4) is 0 Å². The number of aryl methyl sites for hydroxylation is 1. The molecule has 14 nitrogen and oxygen atoms in total. The van der Waals surface area contributed by atoms with E-state index in [-0.39, 0.29) is 10.5 Å². The molecule has 0 aliphatic carbocycles. The van der Waals surface area contributed by atoms with E-state index in [1.807, 2.05) is 6.92 Å². The van der Waals surface area contributed by atoms with Gasteiger partial charge in [0.15, 0.2) is 0 Å². The van der Waals surface area contributed by atoms with Gasteiger partial charge in [0.2, 0.25) is 5.96 Å². The van der Waals surface area contributed by atoms with Crippen LogP contribution in [0.2, 0.25) is 0 Å². The highest BCUT2D eigenvalue weighted by molar-refractivity contribution is 7.85. The third kappa shape index (κ3) is 7.97. The number of nitrogens with one attached hydrogen (secondary N) is 1. The van der Waals surface area contributed by atoms with Crippen molar-refractivity contribution >= 4 is 33.7 Å². The fourth-order valence-corrected chi connectivity index (χ4v) is 2.27. The third-order valence-corrected chi connectivity index (χ3v) is 4.02. The van der Waals surface area contributed by atoms with Crippen molar-refractivity contribution in [1.82, 2.24) is 5.48 Å². The summed E-state index contributed by atoms with van der Waals surface area (Å²) in [5.41, 5.74) is 6.71. The molecular weight excluding hydrogens is 424 g/mol.